The number of rotatable bonds is 3. The van der Waals surface area contributed by atoms with E-state index in [9.17, 15) is 14.4 Å². The third-order valence-corrected chi connectivity index (χ3v) is 3.22. The molecule has 0 unspecified atom stereocenters. The van der Waals surface area contributed by atoms with Crippen molar-refractivity contribution in [3.63, 3.8) is 0 Å². The van der Waals surface area contributed by atoms with Gasteiger partial charge in [0, 0.05) is 0 Å². The average molecular weight is 285 g/mol. The summed E-state index contributed by atoms with van der Waals surface area (Å²) in [4.78, 5) is 40.7. The van der Waals surface area contributed by atoms with Crippen molar-refractivity contribution < 1.29 is 23.6 Å². The molecule has 1 aromatic carbocycles. The molecule has 2 amide bonds. The molecule has 0 bridgehead atoms. The lowest BCUT2D eigenvalue weighted by atomic mass is 10.1. The predicted octanol–water partition coefficient (Wildman–Crippen LogP) is 1.88. The molecule has 0 saturated carbocycles. The third kappa shape index (κ3) is 2.20. The fraction of sp³-hybridized carbons (Fsp3) is 0.133. The van der Waals surface area contributed by atoms with E-state index in [2.05, 4.69) is 0 Å². The summed E-state index contributed by atoms with van der Waals surface area (Å²) in [6, 6.07) is 8.02. The molecule has 6 nitrogen and oxygen atoms in total. The second kappa shape index (κ2) is 4.90. The van der Waals surface area contributed by atoms with E-state index in [4.69, 9.17) is 9.25 Å². The summed E-state index contributed by atoms with van der Waals surface area (Å²) in [5.74, 6) is -1.57. The molecule has 2 heterocycles. The first-order valence-electron chi connectivity index (χ1n) is 6.29. The van der Waals surface area contributed by atoms with Crippen molar-refractivity contribution in [2.45, 2.75) is 13.3 Å². The van der Waals surface area contributed by atoms with Crippen molar-refractivity contribution in [2.75, 3.05) is 0 Å². The van der Waals surface area contributed by atoms with Gasteiger partial charge in [0.15, 0.2) is 0 Å². The molecule has 106 valence electrons. The summed E-state index contributed by atoms with van der Waals surface area (Å²) >= 11 is 0. The van der Waals surface area contributed by atoms with E-state index in [0.29, 0.717) is 10.8 Å². The van der Waals surface area contributed by atoms with Gasteiger partial charge in [-0.3, -0.25) is 9.59 Å². The normalized spacial score (nSPS) is 13.5. The maximum atomic E-state index is 12.0. The molecule has 1 aromatic heterocycles. The van der Waals surface area contributed by atoms with Crippen LogP contribution in [-0.4, -0.2) is 22.8 Å². The van der Waals surface area contributed by atoms with Crippen molar-refractivity contribution in [3.05, 3.63) is 59.0 Å². The molecule has 6 heteroatoms. The molecular formula is C15H11NO5. The average Bonchev–Trinajstić information content (AvgIpc) is 2.97. The summed E-state index contributed by atoms with van der Waals surface area (Å²) < 4.78 is 5.13. The molecular weight excluding hydrogens is 274 g/mol. The Morgan fingerprint density at radius 2 is 1.76 bits per heavy atom. The third-order valence-electron chi connectivity index (χ3n) is 3.22. The Kier molecular flexibility index (Phi) is 3.06. The van der Waals surface area contributed by atoms with Gasteiger partial charge >= 0.3 is 5.97 Å². The lowest BCUT2D eigenvalue weighted by Crippen LogP contribution is -2.33. The molecule has 2 aromatic rings. The minimum absolute atomic E-state index is 0.147. The highest BCUT2D eigenvalue weighted by molar-refractivity contribution is 6.20. The number of hydroxylamine groups is 2. The number of aryl methyl sites for hydroxylation is 1. The minimum atomic E-state index is -0.734. The molecule has 3 rings (SSSR count). The van der Waals surface area contributed by atoms with Crippen LogP contribution in [0.25, 0.3) is 0 Å². The fourth-order valence-electron chi connectivity index (χ4n) is 2.10. The number of hydrogen-bond donors (Lipinski definition) is 0. The van der Waals surface area contributed by atoms with Crippen molar-refractivity contribution >= 4 is 17.8 Å². The molecule has 0 spiro atoms. The van der Waals surface area contributed by atoms with Gasteiger partial charge in [-0.1, -0.05) is 17.2 Å². The molecule has 0 atom stereocenters. The van der Waals surface area contributed by atoms with E-state index >= 15 is 0 Å². The SMILES string of the molecule is Cc1ccoc1CC(=O)ON1C(=O)c2ccccc2C1=O. The van der Waals surface area contributed by atoms with Crippen LogP contribution in [0.4, 0.5) is 0 Å². The maximum absolute atomic E-state index is 12.0. The van der Waals surface area contributed by atoms with Gasteiger partial charge in [0.2, 0.25) is 0 Å². The van der Waals surface area contributed by atoms with Gasteiger partial charge in [0.25, 0.3) is 11.8 Å². The van der Waals surface area contributed by atoms with Crippen LogP contribution in [0.2, 0.25) is 0 Å². The highest BCUT2D eigenvalue weighted by atomic mass is 16.7. The Morgan fingerprint density at radius 1 is 1.14 bits per heavy atom. The first-order valence-corrected chi connectivity index (χ1v) is 6.29. The minimum Gasteiger partial charge on any atom is -0.468 e. The van der Waals surface area contributed by atoms with Gasteiger partial charge in [0.05, 0.1) is 17.4 Å². The van der Waals surface area contributed by atoms with Crippen LogP contribution < -0.4 is 0 Å². The largest absolute Gasteiger partial charge is 0.468 e. The second-order valence-electron chi connectivity index (χ2n) is 4.62. The van der Waals surface area contributed by atoms with Crippen molar-refractivity contribution in [1.82, 2.24) is 5.06 Å². The molecule has 1 aliphatic heterocycles. The fourth-order valence-corrected chi connectivity index (χ4v) is 2.10. The van der Waals surface area contributed by atoms with Crippen LogP contribution in [0.5, 0.6) is 0 Å². The van der Waals surface area contributed by atoms with Gasteiger partial charge in [-0.05, 0) is 30.7 Å². The van der Waals surface area contributed by atoms with E-state index in [0.717, 1.165) is 5.56 Å². The lowest BCUT2D eigenvalue weighted by molar-refractivity contribution is -0.167. The number of imide groups is 1. The number of furan rings is 1. The number of fused-ring (bicyclic) bond motifs is 1. The summed E-state index contributed by atoms with van der Waals surface area (Å²) in [6.07, 6.45) is 1.31. The molecule has 0 aliphatic carbocycles. The van der Waals surface area contributed by atoms with Gasteiger partial charge in [-0.25, -0.2) is 4.79 Å². The molecule has 0 saturated heterocycles. The number of nitrogens with zero attached hydrogens (tertiary/aromatic N) is 1. The number of amides is 2. The van der Waals surface area contributed by atoms with E-state index < -0.39 is 17.8 Å². The standard InChI is InChI=1S/C15H11NO5/c1-9-6-7-20-12(9)8-13(17)21-16-14(18)10-4-2-3-5-11(10)15(16)19/h2-7H,8H2,1H3. The Hall–Kier alpha value is -2.89. The summed E-state index contributed by atoms with van der Waals surface area (Å²) in [6.45, 7) is 1.79. The number of carbonyl (C=O) groups excluding carboxylic acids is 3. The highest BCUT2D eigenvalue weighted by Gasteiger charge is 2.38. The zero-order valence-electron chi connectivity index (χ0n) is 11.2. The predicted molar refractivity (Wildman–Crippen MR) is 70.2 cm³/mol. The van der Waals surface area contributed by atoms with Crippen LogP contribution in [0.1, 0.15) is 32.0 Å². The number of carbonyl (C=O) groups is 3. The topological polar surface area (TPSA) is 76.8 Å². The van der Waals surface area contributed by atoms with Crippen molar-refractivity contribution in [1.29, 1.82) is 0 Å². The van der Waals surface area contributed by atoms with E-state index in [1.54, 1.807) is 25.1 Å². The van der Waals surface area contributed by atoms with Crippen LogP contribution in [0.15, 0.2) is 41.0 Å². The summed E-state index contributed by atoms with van der Waals surface area (Å²) in [5.41, 5.74) is 1.25. The quantitative estimate of drug-likeness (QED) is 0.805. The maximum Gasteiger partial charge on any atom is 0.340 e. The van der Waals surface area contributed by atoms with E-state index in [-0.39, 0.29) is 17.5 Å². The van der Waals surface area contributed by atoms with E-state index in [1.165, 1.54) is 18.4 Å². The Balaban J connectivity index is 1.75. The first kappa shape index (κ1) is 13.1. The number of hydrogen-bond acceptors (Lipinski definition) is 5. The molecule has 21 heavy (non-hydrogen) atoms. The van der Waals surface area contributed by atoms with Crippen LogP contribution >= 0.6 is 0 Å². The number of benzene rings is 1. The smallest absolute Gasteiger partial charge is 0.340 e. The zero-order chi connectivity index (χ0) is 15.0. The second-order valence-corrected chi connectivity index (χ2v) is 4.62. The Morgan fingerprint density at radius 3 is 2.29 bits per heavy atom. The van der Waals surface area contributed by atoms with Gasteiger partial charge < -0.3 is 9.25 Å². The highest BCUT2D eigenvalue weighted by Crippen LogP contribution is 2.23. The van der Waals surface area contributed by atoms with Crippen LogP contribution in [0, 0.1) is 6.92 Å². The Bertz CT molecular complexity index is 711. The van der Waals surface area contributed by atoms with Crippen molar-refractivity contribution in [3.8, 4) is 0 Å². The zero-order valence-corrected chi connectivity index (χ0v) is 11.2. The summed E-state index contributed by atoms with van der Waals surface area (Å²) in [7, 11) is 0. The van der Waals surface area contributed by atoms with Gasteiger partial charge in [-0.15, -0.1) is 0 Å². The first-order chi connectivity index (χ1) is 10.1. The Labute approximate surface area is 119 Å². The van der Waals surface area contributed by atoms with Crippen molar-refractivity contribution in [2.24, 2.45) is 0 Å². The molecule has 0 N–H and O–H groups in total. The summed E-state index contributed by atoms with van der Waals surface area (Å²) in [5, 5.41) is 0.491. The lowest BCUT2D eigenvalue weighted by Gasteiger charge is -2.12. The van der Waals surface area contributed by atoms with E-state index in [1.807, 2.05) is 0 Å². The molecule has 0 radical (unpaired) electrons. The van der Waals surface area contributed by atoms with Crippen LogP contribution in [-0.2, 0) is 16.1 Å². The van der Waals surface area contributed by atoms with Crippen LogP contribution in [0.3, 0.4) is 0 Å². The van der Waals surface area contributed by atoms with Gasteiger partial charge in [0.1, 0.15) is 12.2 Å². The van der Waals surface area contributed by atoms with Gasteiger partial charge in [-0.2, -0.15) is 0 Å². The monoisotopic (exact) mass is 285 g/mol. The molecule has 1 aliphatic rings. The molecule has 0 fully saturated rings.